The molecule has 0 aliphatic rings. The summed E-state index contributed by atoms with van der Waals surface area (Å²) in [5, 5.41) is 0. The first-order chi connectivity index (χ1) is 0. The normalized spacial score (nSPS) is 0. The summed E-state index contributed by atoms with van der Waals surface area (Å²) >= 11 is 0. The maximum absolute atomic E-state index is 0. The number of quaternary nitrogens is 2. The van der Waals surface area contributed by atoms with Crippen molar-refractivity contribution in [1.82, 2.24) is 12.3 Å². The molecule has 8 N–H and O–H groups in total. The minimum absolute atomic E-state index is 0. The minimum atomic E-state index is 0. The smallest absolute Gasteiger partial charge is 0 e. The van der Waals surface area contributed by atoms with E-state index in [9.17, 15) is 0 Å². The molecule has 0 saturated carbocycles. The maximum atomic E-state index is 0. The first kappa shape index (κ1) is 173. The topological polar surface area (TPSA) is 73.0 Å². The molecule has 58 valence electrons. The van der Waals surface area contributed by atoms with Gasteiger partial charge in [0.05, 0.1) is 0 Å². The average molecular weight is 288 g/mol. The fourth-order valence-corrected chi connectivity index (χ4v) is 0. The fraction of sp³-hybridized carbons (Fsp3) is 0. The second-order valence-corrected chi connectivity index (χ2v) is 0. The van der Waals surface area contributed by atoms with Gasteiger partial charge >= 0.3 is 0 Å². The van der Waals surface area contributed by atoms with Crippen LogP contribution in [0.1, 0.15) is 0 Å². The van der Waals surface area contributed by atoms with E-state index >= 15 is 0 Å². The van der Waals surface area contributed by atoms with Crippen LogP contribution in [0, 0.1) is 0 Å². The molecule has 0 aromatic heterocycles. The van der Waals surface area contributed by atoms with Crippen molar-refractivity contribution in [3.05, 3.63) is 0 Å². The summed E-state index contributed by atoms with van der Waals surface area (Å²) < 4.78 is 0. The third kappa shape index (κ3) is 84.1. The van der Waals surface area contributed by atoms with E-state index in [0.29, 0.717) is 0 Å². The zero-order valence-electron chi connectivity index (χ0n) is 3.95. The van der Waals surface area contributed by atoms with Gasteiger partial charge in [0.25, 0.3) is 0 Å². The monoisotopic (exact) mass is 286 g/mol. The zero-order valence-corrected chi connectivity index (χ0v) is 8.77. The van der Waals surface area contributed by atoms with E-state index in [1.807, 2.05) is 0 Å². The van der Waals surface area contributed by atoms with E-state index in [1.54, 1.807) is 0 Å². The van der Waals surface area contributed by atoms with Crippen molar-refractivity contribution in [1.29, 1.82) is 0 Å². The quantitative estimate of drug-likeness (QED) is 0.643. The van der Waals surface area contributed by atoms with E-state index in [-0.39, 0.29) is 82.4 Å². The molecule has 0 bridgehead atoms. The van der Waals surface area contributed by atoms with Crippen LogP contribution in [0.5, 0.6) is 0 Å². The van der Waals surface area contributed by atoms with Crippen molar-refractivity contribution in [2.24, 2.45) is 0 Å². The van der Waals surface area contributed by atoms with Gasteiger partial charge in [-0.2, -0.15) is 0 Å². The molecule has 0 aliphatic carbocycles. The maximum Gasteiger partial charge on any atom is 0 e. The first-order valence-corrected chi connectivity index (χ1v) is 0. The van der Waals surface area contributed by atoms with Gasteiger partial charge in [-0.3, -0.25) is 0 Å². The molecule has 0 aromatic carbocycles. The van der Waals surface area contributed by atoms with Gasteiger partial charge in [0.15, 0.2) is 0 Å². The molecule has 0 rings (SSSR count). The molecule has 2 nitrogen and oxygen atoms in total. The fourth-order valence-electron chi connectivity index (χ4n) is 0. The molecular weight excluding hydrogens is 276 g/mol. The van der Waals surface area contributed by atoms with E-state index in [0.717, 1.165) is 0 Å². The zero-order chi connectivity index (χ0) is 0. The van der Waals surface area contributed by atoms with Crippen LogP contribution < -0.4 is 12.3 Å². The van der Waals surface area contributed by atoms with Crippen LogP contribution in [0.3, 0.4) is 0 Å². The van der Waals surface area contributed by atoms with Crippen LogP contribution in [0.25, 0.3) is 0 Å². The largest absolute Gasteiger partial charge is 0.369 e. The summed E-state index contributed by atoms with van der Waals surface area (Å²) in [6.07, 6.45) is 0. The van der Waals surface area contributed by atoms with Crippen molar-refractivity contribution in [3.63, 3.8) is 0 Å². The van der Waals surface area contributed by atoms with Crippen LogP contribution in [-0.2, 0) is 20.4 Å². The Morgan fingerprint density at radius 1 is 0.429 bits per heavy atom. The van der Waals surface area contributed by atoms with Gasteiger partial charge in [0.1, 0.15) is 0 Å². The molecule has 0 atom stereocenters. The van der Waals surface area contributed by atoms with E-state index in [1.165, 1.54) is 0 Å². The number of hydrogen-bond acceptors (Lipinski definition) is 0. The molecule has 0 fully saturated rings. The standard InChI is InChI=1S/4ClH.2H3N.Pd/h4*1H;2*1H3;/p+2. The van der Waals surface area contributed by atoms with Crippen molar-refractivity contribution in [3.8, 4) is 0 Å². The van der Waals surface area contributed by atoms with E-state index in [4.69, 9.17) is 0 Å². The second-order valence-electron chi connectivity index (χ2n) is 0. The van der Waals surface area contributed by atoms with E-state index < -0.39 is 0 Å². The molecule has 0 aliphatic heterocycles. The number of rotatable bonds is 0. The van der Waals surface area contributed by atoms with Gasteiger partial charge in [-0.25, -0.2) is 0 Å². The van der Waals surface area contributed by atoms with Crippen LogP contribution in [0.15, 0.2) is 0 Å². The molecule has 0 spiro atoms. The summed E-state index contributed by atoms with van der Waals surface area (Å²) in [6.45, 7) is 0. The SMILES string of the molecule is Cl.Cl.Cl.Cl.[NH4+].[NH4+].[Pd]. The van der Waals surface area contributed by atoms with Crippen molar-refractivity contribution >= 4 is 49.6 Å². The Hall–Kier alpha value is 1.74. The first-order valence-electron chi connectivity index (χ1n) is 0. The summed E-state index contributed by atoms with van der Waals surface area (Å²) in [6, 6.07) is 0. The van der Waals surface area contributed by atoms with Gasteiger partial charge in [0.2, 0.25) is 0 Å². The van der Waals surface area contributed by atoms with Crippen molar-refractivity contribution < 1.29 is 20.4 Å². The van der Waals surface area contributed by atoms with Crippen LogP contribution in [0.2, 0.25) is 0 Å². The van der Waals surface area contributed by atoms with Crippen LogP contribution in [0.4, 0.5) is 0 Å². The van der Waals surface area contributed by atoms with Gasteiger partial charge in [-0.05, 0) is 0 Å². The van der Waals surface area contributed by atoms with E-state index in [2.05, 4.69) is 0 Å². The summed E-state index contributed by atoms with van der Waals surface area (Å²) in [5.41, 5.74) is 0. The molecule has 0 radical (unpaired) electrons. The Kier molecular flexibility index (Phi) is 2860. The number of halogens is 4. The predicted molar refractivity (Wildman–Crippen MR) is 41.0 cm³/mol. The minimum Gasteiger partial charge on any atom is -0.369 e. The molecule has 0 heterocycles. The third-order valence-corrected chi connectivity index (χ3v) is 0. The molecule has 0 amide bonds. The Morgan fingerprint density at radius 3 is 0.429 bits per heavy atom. The van der Waals surface area contributed by atoms with Gasteiger partial charge in [0, 0.05) is 20.4 Å². The Balaban J connectivity index is 0. The molecule has 0 aromatic rings. The average Bonchev–Trinajstić information content (AvgIpc) is 0. The molecule has 7 heteroatoms. The summed E-state index contributed by atoms with van der Waals surface area (Å²) in [7, 11) is 0. The molecular formula is H12Cl4N2Pd+2. The van der Waals surface area contributed by atoms with Crippen molar-refractivity contribution in [2.75, 3.05) is 0 Å². The second kappa shape index (κ2) is 116. The summed E-state index contributed by atoms with van der Waals surface area (Å²) in [5.74, 6) is 0. The molecule has 0 saturated heterocycles. The van der Waals surface area contributed by atoms with Gasteiger partial charge < -0.3 is 12.3 Å². The summed E-state index contributed by atoms with van der Waals surface area (Å²) in [4.78, 5) is 0. The Bertz CT molecular complexity index is 9.65. The number of hydrogen-bond donors (Lipinski definition) is 2. The third-order valence-electron chi connectivity index (χ3n) is 0. The van der Waals surface area contributed by atoms with Gasteiger partial charge in [-0.1, -0.05) is 0 Å². The van der Waals surface area contributed by atoms with Crippen molar-refractivity contribution in [2.45, 2.75) is 0 Å². The van der Waals surface area contributed by atoms with Gasteiger partial charge in [-0.15, -0.1) is 49.6 Å². The predicted octanol–water partition coefficient (Wildman–Crippen LogP) is 2.44. The Labute approximate surface area is 82.0 Å². The molecule has 0 unspecified atom stereocenters. The Morgan fingerprint density at radius 2 is 0.429 bits per heavy atom. The van der Waals surface area contributed by atoms with Crippen LogP contribution in [-0.4, -0.2) is 0 Å². The molecule has 7 heavy (non-hydrogen) atoms. The van der Waals surface area contributed by atoms with Crippen LogP contribution >= 0.6 is 49.6 Å².